The number of hydrogen-bond donors (Lipinski definition) is 2. The highest BCUT2D eigenvalue weighted by Crippen LogP contribution is 2.35. The number of aromatic carboxylic acids is 1. The summed E-state index contributed by atoms with van der Waals surface area (Å²) >= 11 is 1.10. The van der Waals surface area contributed by atoms with Crippen molar-refractivity contribution < 1.29 is 19.4 Å². The maximum Gasteiger partial charge on any atom is 0.339 e. The van der Waals surface area contributed by atoms with Gasteiger partial charge in [-0.05, 0) is 37.7 Å². The van der Waals surface area contributed by atoms with E-state index in [1.54, 1.807) is 4.90 Å². The average molecular weight is 324 g/mol. The van der Waals surface area contributed by atoms with E-state index in [0.29, 0.717) is 30.0 Å². The quantitative estimate of drug-likeness (QED) is 0.887. The second kappa shape index (κ2) is 6.26. The van der Waals surface area contributed by atoms with E-state index in [2.05, 4.69) is 0 Å². The van der Waals surface area contributed by atoms with Crippen LogP contribution < -0.4 is 5.73 Å². The van der Waals surface area contributed by atoms with Crippen LogP contribution in [0, 0.1) is 0 Å². The lowest BCUT2D eigenvalue weighted by Crippen LogP contribution is -2.39. The molecule has 7 heteroatoms. The summed E-state index contributed by atoms with van der Waals surface area (Å²) in [7, 11) is 0. The molecule has 2 aliphatic heterocycles. The zero-order valence-electron chi connectivity index (χ0n) is 12.3. The Hall–Kier alpha value is -1.60. The number of amides is 1. The van der Waals surface area contributed by atoms with Gasteiger partial charge in [-0.25, -0.2) is 4.79 Å². The average Bonchev–Trinajstić information content (AvgIpc) is 2.76. The van der Waals surface area contributed by atoms with Gasteiger partial charge in [-0.3, -0.25) is 4.79 Å². The molecule has 0 spiro atoms. The third-order valence-electron chi connectivity index (χ3n) is 4.28. The van der Waals surface area contributed by atoms with Crippen molar-refractivity contribution >= 4 is 28.2 Å². The molecule has 120 valence electrons. The van der Waals surface area contributed by atoms with Gasteiger partial charge in [-0.15, -0.1) is 11.3 Å². The summed E-state index contributed by atoms with van der Waals surface area (Å²) in [6.07, 6.45) is 4.62. The Balaban J connectivity index is 1.83. The van der Waals surface area contributed by atoms with Crippen molar-refractivity contribution in [2.75, 3.05) is 25.4 Å². The Morgan fingerprint density at radius 1 is 1.41 bits per heavy atom. The van der Waals surface area contributed by atoms with Gasteiger partial charge in [0.05, 0.1) is 16.5 Å². The van der Waals surface area contributed by atoms with Gasteiger partial charge in [0, 0.05) is 19.7 Å². The Bertz CT molecular complexity index is 593. The van der Waals surface area contributed by atoms with Gasteiger partial charge in [-0.2, -0.15) is 0 Å². The van der Waals surface area contributed by atoms with E-state index in [9.17, 15) is 14.7 Å². The number of rotatable bonds is 3. The molecule has 1 unspecified atom stereocenters. The van der Waals surface area contributed by atoms with Crippen molar-refractivity contribution in [3.8, 4) is 0 Å². The fraction of sp³-hybridized carbons (Fsp3) is 0.600. The summed E-state index contributed by atoms with van der Waals surface area (Å²) < 4.78 is 5.72. The number of nitrogens with two attached hydrogens (primary N) is 1. The first kappa shape index (κ1) is 15.3. The largest absolute Gasteiger partial charge is 0.478 e. The number of nitrogen functional groups attached to an aromatic ring is 1. The standard InChI is InChI=1S/C15H20N2O4S/c16-13-11(15(19)20)10-5-3-6-17(14(18)12(10)22-13)8-9-4-1-2-7-21-9/h9H,1-8,16H2,(H,19,20). The van der Waals surface area contributed by atoms with E-state index in [4.69, 9.17) is 10.5 Å². The molecule has 3 heterocycles. The lowest BCUT2D eigenvalue weighted by atomic mass is 10.1. The van der Waals surface area contributed by atoms with Crippen LogP contribution in [0.5, 0.6) is 0 Å². The molecule has 1 saturated heterocycles. The molecule has 0 saturated carbocycles. The molecule has 1 aromatic heterocycles. The number of ether oxygens (including phenoxy) is 1. The molecule has 3 N–H and O–H groups in total. The Morgan fingerprint density at radius 3 is 2.91 bits per heavy atom. The Morgan fingerprint density at radius 2 is 2.23 bits per heavy atom. The van der Waals surface area contributed by atoms with Gasteiger partial charge in [0.25, 0.3) is 5.91 Å². The van der Waals surface area contributed by atoms with E-state index >= 15 is 0 Å². The SMILES string of the molecule is Nc1sc2c(c1C(=O)O)CCCN(CC1CCCCO1)C2=O. The molecule has 1 fully saturated rings. The number of carbonyl (C=O) groups excluding carboxylic acids is 1. The van der Waals surface area contributed by atoms with E-state index in [0.717, 1.165) is 43.6 Å². The van der Waals surface area contributed by atoms with Crippen LogP contribution in [0.2, 0.25) is 0 Å². The third kappa shape index (κ3) is 2.83. The fourth-order valence-electron chi connectivity index (χ4n) is 3.19. The fourth-order valence-corrected chi connectivity index (χ4v) is 4.27. The monoisotopic (exact) mass is 324 g/mol. The van der Waals surface area contributed by atoms with Crippen molar-refractivity contribution in [3.05, 3.63) is 16.0 Å². The number of carboxylic acids is 1. The highest BCUT2D eigenvalue weighted by atomic mass is 32.1. The topological polar surface area (TPSA) is 92.9 Å². The van der Waals surface area contributed by atoms with Crippen LogP contribution in [-0.2, 0) is 11.2 Å². The zero-order valence-corrected chi connectivity index (χ0v) is 13.2. The number of fused-ring (bicyclic) bond motifs is 1. The summed E-state index contributed by atoms with van der Waals surface area (Å²) in [4.78, 5) is 26.4. The van der Waals surface area contributed by atoms with Crippen LogP contribution in [0.15, 0.2) is 0 Å². The molecule has 22 heavy (non-hydrogen) atoms. The van der Waals surface area contributed by atoms with Crippen LogP contribution in [0.4, 0.5) is 5.00 Å². The van der Waals surface area contributed by atoms with E-state index in [1.807, 2.05) is 0 Å². The first-order valence-electron chi connectivity index (χ1n) is 7.63. The minimum atomic E-state index is -1.05. The van der Waals surface area contributed by atoms with Crippen molar-refractivity contribution in [1.82, 2.24) is 4.90 Å². The smallest absolute Gasteiger partial charge is 0.339 e. The number of nitrogens with zero attached hydrogens (tertiary/aromatic N) is 1. The Kier molecular flexibility index (Phi) is 4.35. The molecule has 3 rings (SSSR count). The maximum absolute atomic E-state index is 12.7. The summed E-state index contributed by atoms with van der Waals surface area (Å²) in [5.41, 5.74) is 6.53. The minimum absolute atomic E-state index is 0.0931. The first-order chi connectivity index (χ1) is 10.6. The highest BCUT2D eigenvalue weighted by Gasteiger charge is 2.31. The van der Waals surface area contributed by atoms with Gasteiger partial charge in [0.15, 0.2) is 0 Å². The van der Waals surface area contributed by atoms with Gasteiger partial charge in [-0.1, -0.05) is 0 Å². The lowest BCUT2D eigenvalue weighted by molar-refractivity contribution is -0.00358. The van der Waals surface area contributed by atoms with Gasteiger partial charge in [0.2, 0.25) is 0 Å². The molecule has 0 radical (unpaired) electrons. The number of thiophene rings is 1. The molecule has 1 aromatic rings. The molecule has 2 aliphatic rings. The molecule has 1 amide bonds. The van der Waals surface area contributed by atoms with Crippen LogP contribution in [-0.4, -0.2) is 47.7 Å². The third-order valence-corrected chi connectivity index (χ3v) is 5.33. The van der Waals surface area contributed by atoms with Crippen molar-refractivity contribution in [2.24, 2.45) is 0 Å². The number of carboxylic acid groups (broad SMARTS) is 1. The van der Waals surface area contributed by atoms with Crippen molar-refractivity contribution in [2.45, 2.75) is 38.2 Å². The van der Waals surface area contributed by atoms with Crippen molar-refractivity contribution in [1.29, 1.82) is 0 Å². The second-order valence-corrected chi connectivity index (χ2v) is 6.85. The maximum atomic E-state index is 12.7. The first-order valence-corrected chi connectivity index (χ1v) is 8.45. The predicted octanol–water partition coefficient (Wildman–Crippen LogP) is 1.99. The van der Waals surface area contributed by atoms with E-state index < -0.39 is 5.97 Å². The van der Waals surface area contributed by atoms with E-state index in [1.165, 1.54) is 0 Å². The summed E-state index contributed by atoms with van der Waals surface area (Å²) in [6.45, 7) is 1.98. The molecule has 0 aromatic carbocycles. The van der Waals surface area contributed by atoms with Gasteiger partial charge >= 0.3 is 5.97 Å². The van der Waals surface area contributed by atoms with E-state index in [-0.39, 0.29) is 22.6 Å². The van der Waals surface area contributed by atoms with Crippen LogP contribution in [0.3, 0.4) is 0 Å². The number of carbonyl (C=O) groups is 2. The van der Waals surface area contributed by atoms with Crippen LogP contribution in [0.25, 0.3) is 0 Å². The molecule has 6 nitrogen and oxygen atoms in total. The van der Waals surface area contributed by atoms with Gasteiger partial charge in [0.1, 0.15) is 5.00 Å². The van der Waals surface area contributed by atoms with Crippen molar-refractivity contribution in [3.63, 3.8) is 0 Å². The molecule has 0 bridgehead atoms. The lowest BCUT2D eigenvalue weighted by Gasteiger charge is -2.29. The molecule has 0 aliphatic carbocycles. The minimum Gasteiger partial charge on any atom is -0.478 e. The molecular formula is C15H20N2O4S. The zero-order chi connectivity index (χ0) is 15.7. The molecular weight excluding hydrogens is 304 g/mol. The van der Waals surface area contributed by atoms with Crippen LogP contribution in [0.1, 0.15) is 51.3 Å². The predicted molar refractivity (Wildman–Crippen MR) is 83.5 cm³/mol. The Labute approximate surface area is 132 Å². The normalized spacial score (nSPS) is 22.3. The highest BCUT2D eigenvalue weighted by molar-refractivity contribution is 7.18. The molecule has 1 atom stereocenters. The second-order valence-electron chi connectivity index (χ2n) is 5.80. The number of anilines is 1. The number of hydrogen-bond acceptors (Lipinski definition) is 5. The summed E-state index contributed by atoms with van der Waals surface area (Å²) in [5, 5.41) is 9.52. The van der Waals surface area contributed by atoms with Gasteiger partial charge < -0.3 is 20.5 Å². The van der Waals surface area contributed by atoms with Crippen LogP contribution >= 0.6 is 11.3 Å². The summed E-state index contributed by atoms with van der Waals surface area (Å²) in [6, 6.07) is 0. The summed E-state index contributed by atoms with van der Waals surface area (Å²) in [5.74, 6) is -1.15.